The van der Waals surface area contributed by atoms with Gasteiger partial charge in [0.2, 0.25) is 0 Å². The van der Waals surface area contributed by atoms with E-state index in [9.17, 15) is 0 Å². The monoisotopic (exact) mass is 66.1 g/mol. The maximum absolute atomic E-state index is 6.58. The van der Waals surface area contributed by atoms with Crippen LogP contribution in [0.5, 0.6) is 0 Å². The van der Waals surface area contributed by atoms with Crippen molar-refractivity contribution in [1.82, 2.24) is 0 Å². The van der Waals surface area contributed by atoms with Gasteiger partial charge in [0.25, 0.3) is 0 Å². The Bertz CT molecular complexity index is 97.6. The van der Waals surface area contributed by atoms with Crippen LogP contribution in [0.15, 0.2) is 0 Å². The first-order valence-electron chi connectivity index (χ1n) is 3.19. The van der Waals surface area contributed by atoms with Crippen LogP contribution in [0.1, 0.15) is 13.7 Å². The van der Waals surface area contributed by atoms with E-state index in [4.69, 9.17) is 6.85 Å². The Morgan fingerprint density at radius 2 is 3.50 bits per heavy atom. The van der Waals surface area contributed by atoms with E-state index in [1.165, 1.54) is 0 Å². The van der Waals surface area contributed by atoms with Crippen molar-refractivity contribution in [3.8, 4) is 0 Å². The van der Waals surface area contributed by atoms with Crippen LogP contribution in [-0.4, -0.2) is 6.56 Å². The third-order valence-electron chi connectivity index (χ3n) is 0.0589. The normalized spacial score (nSPS) is 32.8. The maximum atomic E-state index is 6.58. The molecule has 2 nitrogen and oxygen atoms in total. The molecule has 0 aliphatic heterocycles. The standard InChI is InChI=1S/C2H7NO/c1-2-4-3/h2-3H2,1H3/i1D3,2D2. The van der Waals surface area contributed by atoms with Gasteiger partial charge in [-0.25, -0.2) is 5.90 Å². The van der Waals surface area contributed by atoms with Gasteiger partial charge in [-0.05, 0) is 6.85 Å². The van der Waals surface area contributed by atoms with Crippen molar-refractivity contribution in [3.05, 3.63) is 0 Å². The molecule has 2 N–H and O–H groups in total. The topological polar surface area (TPSA) is 35.2 Å². The van der Waals surface area contributed by atoms with Gasteiger partial charge in [-0.3, -0.25) is 0 Å². The van der Waals surface area contributed by atoms with Crippen molar-refractivity contribution in [2.45, 2.75) is 6.85 Å². The van der Waals surface area contributed by atoms with E-state index < -0.39 is 13.4 Å². The molecule has 0 bridgehead atoms. The van der Waals surface area contributed by atoms with Crippen LogP contribution in [0.2, 0.25) is 0 Å². The minimum Gasteiger partial charge on any atom is -0.305 e. The van der Waals surface area contributed by atoms with E-state index >= 15 is 0 Å². The zero-order valence-electron chi connectivity index (χ0n) is 6.99. The van der Waals surface area contributed by atoms with Crippen LogP contribution in [0.4, 0.5) is 0 Å². The summed E-state index contributed by atoms with van der Waals surface area (Å²) in [5.41, 5.74) is 0. The highest BCUT2D eigenvalue weighted by Gasteiger charge is 1.52. The van der Waals surface area contributed by atoms with Gasteiger partial charge in [-0.1, -0.05) is 0 Å². The van der Waals surface area contributed by atoms with E-state index in [1.54, 1.807) is 0 Å². The minimum absolute atomic E-state index is 2.74. The van der Waals surface area contributed by atoms with Crippen molar-refractivity contribution in [1.29, 1.82) is 0 Å². The Hall–Kier alpha value is -0.0800. The Kier molecular flexibility index (Phi) is 0.389. The molecule has 0 aromatic rings. The zero-order valence-corrected chi connectivity index (χ0v) is 1.99. The van der Waals surface area contributed by atoms with Crippen molar-refractivity contribution in [2.24, 2.45) is 5.90 Å². The Balaban J connectivity index is 4.14. The summed E-state index contributed by atoms with van der Waals surface area (Å²) in [6.45, 7) is -5.56. The molecule has 0 spiro atoms. The summed E-state index contributed by atoms with van der Waals surface area (Å²) in [5.74, 6) is 4.36. The SMILES string of the molecule is [2H]C([2H])([2H])C([2H])([2H])ON. The molecule has 0 unspecified atom stereocenters. The third-order valence-corrected chi connectivity index (χ3v) is 0.0589. The van der Waals surface area contributed by atoms with Gasteiger partial charge in [0, 0.05) is 4.11 Å². The smallest absolute Gasteiger partial charge is 0.0651 e. The van der Waals surface area contributed by atoms with Gasteiger partial charge in [0.1, 0.15) is 0 Å². The summed E-state index contributed by atoms with van der Waals surface area (Å²) in [6.07, 6.45) is 0. The third kappa shape index (κ3) is 1.92. The average Bonchev–Trinajstić information content (AvgIpc) is 1.64. The molecule has 0 rings (SSSR count). The molecular formula is C2H7NO. The van der Waals surface area contributed by atoms with Crippen molar-refractivity contribution in [2.75, 3.05) is 6.56 Å². The predicted molar refractivity (Wildman–Crippen MR) is 15.8 cm³/mol. The Morgan fingerprint density at radius 3 is 3.50 bits per heavy atom. The first-order valence-corrected chi connectivity index (χ1v) is 0.690. The first kappa shape index (κ1) is 0.533. The summed E-state index contributed by atoms with van der Waals surface area (Å²) in [4.78, 5) is 3.57. The average molecular weight is 66.1 g/mol. The van der Waals surface area contributed by atoms with Crippen LogP contribution in [0.3, 0.4) is 0 Å². The molecule has 0 atom stereocenters. The molecule has 0 aromatic carbocycles. The second kappa shape index (κ2) is 2.92. The highest BCUT2D eigenvalue weighted by molar-refractivity contribution is 3.91. The van der Waals surface area contributed by atoms with Gasteiger partial charge in [0.15, 0.2) is 0 Å². The first-order chi connectivity index (χ1) is 3.81. The lowest BCUT2D eigenvalue weighted by molar-refractivity contribution is 0.152. The molecule has 0 heterocycles. The summed E-state index contributed by atoms with van der Waals surface area (Å²) in [5, 5.41) is 0. The summed E-state index contributed by atoms with van der Waals surface area (Å²) in [6, 6.07) is 0. The van der Waals surface area contributed by atoms with E-state index in [2.05, 4.69) is 10.7 Å². The molecular weight excluding hydrogens is 54.0 g/mol. The van der Waals surface area contributed by atoms with E-state index in [0.717, 1.165) is 0 Å². The fourth-order valence-electron chi connectivity index (χ4n) is 0. The van der Waals surface area contributed by atoms with Gasteiger partial charge < -0.3 is 4.84 Å². The maximum Gasteiger partial charge on any atom is 0.0651 e. The molecule has 0 radical (unpaired) electrons. The van der Waals surface area contributed by atoms with E-state index in [1.807, 2.05) is 0 Å². The van der Waals surface area contributed by atoms with Gasteiger partial charge in [0.05, 0.1) is 9.30 Å². The van der Waals surface area contributed by atoms with Crippen LogP contribution in [0.25, 0.3) is 0 Å². The number of nitrogens with two attached hydrogens (primary N) is 1. The molecule has 0 saturated heterocycles. The molecule has 26 valence electrons. The van der Waals surface area contributed by atoms with Crippen molar-refractivity contribution < 1.29 is 11.7 Å². The van der Waals surface area contributed by atoms with E-state index in [0.29, 0.717) is 0 Å². The highest BCUT2D eigenvalue weighted by Crippen LogP contribution is 1.46. The second-order valence-corrected chi connectivity index (χ2v) is 0.220. The quantitative estimate of drug-likeness (QED) is 0.434. The molecule has 2 heteroatoms. The molecule has 0 saturated carbocycles. The molecule has 0 aliphatic rings. The van der Waals surface area contributed by atoms with Crippen LogP contribution in [0, 0.1) is 0 Å². The lowest BCUT2D eigenvalue weighted by Crippen LogP contribution is -1.94. The van der Waals surface area contributed by atoms with Gasteiger partial charge in [-0.2, -0.15) is 0 Å². The summed E-state index contributed by atoms with van der Waals surface area (Å²) >= 11 is 0. The zero-order chi connectivity index (χ0) is 7.71. The largest absolute Gasteiger partial charge is 0.305 e. The second-order valence-electron chi connectivity index (χ2n) is 0.220. The number of hydrogen-bond donors (Lipinski definition) is 1. The molecule has 0 aliphatic carbocycles. The van der Waals surface area contributed by atoms with Crippen molar-refractivity contribution >= 4 is 0 Å². The summed E-state index contributed by atoms with van der Waals surface area (Å²) in [7, 11) is 0. The number of rotatable bonds is 1. The fourth-order valence-corrected chi connectivity index (χ4v) is 0. The number of hydrogen-bond acceptors (Lipinski definition) is 2. The fraction of sp³-hybridized carbons (Fsp3) is 1.00. The van der Waals surface area contributed by atoms with Gasteiger partial charge >= 0.3 is 0 Å². The molecule has 0 amide bonds. The van der Waals surface area contributed by atoms with Crippen molar-refractivity contribution in [3.63, 3.8) is 0 Å². The highest BCUT2D eigenvalue weighted by atomic mass is 16.6. The lowest BCUT2D eigenvalue weighted by Gasteiger charge is -1.76. The van der Waals surface area contributed by atoms with Crippen LogP contribution in [-0.2, 0) is 4.84 Å². The predicted octanol–water partition coefficient (Wildman–Crippen LogP) is -0.103. The summed E-state index contributed by atoms with van der Waals surface area (Å²) < 4.78 is 32.6. The molecule has 4 heavy (non-hydrogen) atoms. The molecule has 0 fully saturated rings. The van der Waals surface area contributed by atoms with Crippen LogP contribution < -0.4 is 5.90 Å². The Labute approximate surface area is 32.5 Å². The minimum atomic E-state index is -2.82. The van der Waals surface area contributed by atoms with E-state index in [-0.39, 0.29) is 0 Å². The lowest BCUT2D eigenvalue weighted by atomic mass is 10.9. The molecule has 0 aromatic heterocycles. The van der Waals surface area contributed by atoms with Crippen LogP contribution >= 0.6 is 0 Å². The van der Waals surface area contributed by atoms with Gasteiger partial charge in [-0.15, -0.1) is 0 Å². The Morgan fingerprint density at radius 1 is 2.75 bits per heavy atom.